The Labute approximate surface area is 179 Å². The van der Waals surface area contributed by atoms with Crippen molar-refractivity contribution in [2.45, 2.75) is 59.3 Å². The Hall–Kier alpha value is -2.85. The predicted molar refractivity (Wildman–Crippen MR) is 121 cm³/mol. The summed E-state index contributed by atoms with van der Waals surface area (Å²) < 4.78 is 5.92. The second kappa shape index (κ2) is 9.31. The van der Waals surface area contributed by atoms with Crippen LogP contribution in [0.2, 0.25) is 0 Å². The van der Waals surface area contributed by atoms with E-state index in [0.717, 1.165) is 17.9 Å². The van der Waals surface area contributed by atoms with Gasteiger partial charge < -0.3 is 9.73 Å². The summed E-state index contributed by atoms with van der Waals surface area (Å²) in [5.41, 5.74) is 3.60. The van der Waals surface area contributed by atoms with Crippen LogP contribution in [0, 0.1) is 6.92 Å². The van der Waals surface area contributed by atoms with Crippen LogP contribution in [0.15, 0.2) is 71.1 Å². The van der Waals surface area contributed by atoms with Crippen LogP contribution in [0.5, 0.6) is 0 Å². The van der Waals surface area contributed by atoms with Gasteiger partial charge in [0.2, 0.25) is 0 Å². The number of carbonyl (C=O) groups is 1. The minimum atomic E-state index is -0.196. The minimum Gasteiger partial charge on any atom is -0.455 e. The third kappa shape index (κ3) is 5.61. The first-order valence-electron chi connectivity index (χ1n) is 10.5. The topological polar surface area (TPSA) is 45.5 Å². The van der Waals surface area contributed by atoms with Gasteiger partial charge in [0.25, 0.3) is 5.91 Å². The molecule has 4 nitrogen and oxygen atoms in total. The highest BCUT2D eigenvalue weighted by Gasteiger charge is 2.24. The fourth-order valence-electron chi connectivity index (χ4n) is 3.39. The monoisotopic (exact) mass is 404 g/mol. The molecule has 0 radical (unpaired) electrons. The van der Waals surface area contributed by atoms with Crippen LogP contribution in [0.4, 0.5) is 0 Å². The fourth-order valence-corrected chi connectivity index (χ4v) is 3.39. The third-order valence-electron chi connectivity index (χ3n) is 5.45. The summed E-state index contributed by atoms with van der Waals surface area (Å²) in [7, 11) is 0. The van der Waals surface area contributed by atoms with Crippen molar-refractivity contribution in [3.63, 3.8) is 0 Å². The van der Waals surface area contributed by atoms with Crippen molar-refractivity contribution in [1.29, 1.82) is 0 Å². The summed E-state index contributed by atoms with van der Waals surface area (Å²) >= 11 is 0. The van der Waals surface area contributed by atoms with E-state index < -0.39 is 0 Å². The van der Waals surface area contributed by atoms with Gasteiger partial charge in [-0.1, -0.05) is 54.6 Å². The second-order valence-corrected chi connectivity index (χ2v) is 8.83. The number of carbonyl (C=O) groups excluding carboxylic acids is 1. The van der Waals surface area contributed by atoms with Crippen LogP contribution >= 0.6 is 0 Å². The normalized spacial score (nSPS) is 12.7. The molecule has 3 rings (SSSR count). The molecule has 1 heterocycles. The largest absolute Gasteiger partial charge is 0.455 e. The number of aryl methyl sites for hydroxylation is 1. The van der Waals surface area contributed by atoms with E-state index in [1.54, 1.807) is 6.07 Å². The van der Waals surface area contributed by atoms with Crippen LogP contribution in [-0.2, 0) is 13.1 Å². The standard InChI is InChI=1S/C26H32N2O2/c1-19-11-9-10-14-22(19)17-28(26(3,4)5)18-23-15-16-24(30-23)25(29)27-20(2)21-12-7-6-8-13-21/h6-16,20H,17-18H2,1-5H3,(H,27,29). The lowest BCUT2D eigenvalue weighted by molar-refractivity contribution is 0.0893. The lowest BCUT2D eigenvalue weighted by Gasteiger charge is -2.35. The number of hydrogen-bond donors (Lipinski definition) is 1. The van der Waals surface area contributed by atoms with Gasteiger partial charge in [-0.3, -0.25) is 9.69 Å². The summed E-state index contributed by atoms with van der Waals surface area (Å²) in [6, 6.07) is 21.9. The highest BCUT2D eigenvalue weighted by Crippen LogP contribution is 2.23. The van der Waals surface area contributed by atoms with Crippen molar-refractivity contribution in [2.75, 3.05) is 0 Å². The molecule has 1 atom stereocenters. The molecule has 1 unspecified atom stereocenters. The van der Waals surface area contributed by atoms with Gasteiger partial charge in [0.05, 0.1) is 12.6 Å². The zero-order chi connectivity index (χ0) is 21.7. The lowest BCUT2D eigenvalue weighted by atomic mass is 10.0. The Kier molecular flexibility index (Phi) is 6.78. The molecule has 0 aliphatic carbocycles. The quantitative estimate of drug-likeness (QED) is 0.535. The van der Waals surface area contributed by atoms with Gasteiger partial charge >= 0.3 is 0 Å². The Morgan fingerprint density at radius 3 is 2.30 bits per heavy atom. The maximum Gasteiger partial charge on any atom is 0.287 e. The van der Waals surface area contributed by atoms with E-state index in [9.17, 15) is 4.79 Å². The van der Waals surface area contributed by atoms with E-state index in [2.05, 4.69) is 62.2 Å². The van der Waals surface area contributed by atoms with Crippen molar-refractivity contribution in [3.05, 3.63) is 94.9 Å². The molecule has 0 aliphatic rings. The van der Waals surface area contributed by atoms with Crippen LogP contribution in [0.3, 0.4) is 0 Å². The Morgan fingerprint density at radius 2 is 1.63 bits per heavy atom. The van der Waals surface area contributed by atoms with E-state index in [-0.39, 0.29) is 17.5 Å². The summed E-state index contributed by atoms with van der Waals surface area (Å²) in [5.74, 6) is 0.937. The van der Waals surface area contributed by atoms with Gasteiger partial charge in [-0.15, -0.1) is 0 Å². The first-order chi connectivity index (χ1) is 14.2. The fraction of sp³-hybridized carbons (Fsp3) is 0.346. The number of rotatable bonds is 7. The van der Waals surface area contributed by atoms with Crippen molar-refractivity contribution in [1.82, 2.24) is 10.2 Å². The third-order valence-corrected chi connectivity index (χ3v) is 5.45. The van der Waals surface area contributed by atoms with Crippen LogP contribution in [-0.4, -0.2) is 16.3 Å². The van der Waals surface area contributed by atoms with Gasteiger partial charge in [-0.2, -0.15) is 0 Å². The average Bonchev–Trinajstić information content (AvgIpc) is 3.18. The molecule has 0 spiro atoms. The number of amides is 1. The van der Waals surface area contributed by atoms with E-state index in [1.165, 1.54) is 11.1 Å². The molecule has 1 aromatic heterocycles. The number of benzene rings is 2. The molecule has 0 saturated carbocycles. The highest BCUT2D eigenvalue weighted by atomic mass is 16.4. The van der Waals surface area contributed by atoms with Crippen LogP contribution in [0.25, 0.3) is 0 Å². The lowest BCUT2D eigenvalue weighted by Crippen LogP contribution is -2.40. The highest BCUT2D eigenvalue weighted by molar-refractivity contribution is 5.91. The summed E-state index contributed by atoms with van der Waals surface area (Å²) in [6.07, 6.45) is 0. The van der Waals surface area contributed by atoms with Crippen molar-refractivity contribution >= 4 is 5.91 Å². The van der Waals surface area contributed by atoms with Gasteiger partial charge in [0, 0.05) is 12.1 Å². The molecule has 0 aliphatic heterocycles. The summed E-state index contributed by atoms with van der Waals surface area (Å²) in [6.45, 7) is 12.2. The smallest absolute Gasteiger partial charge is 0.287 e. The van der Waals surface area contributed by atoms with Gasteiger partial charge in [-0.05, 0) is 63.4 Å². The van der Waals surface area contributed by atoms with Crippen molar-refractivity contribution in [3.8, 4) is 0 Å². The maximum atomic E-state index is 12.6. The molecule has 1 N–H and O–H groups in total. The van der Waals surface area contributed by atoms with E-state index in [0.29, 0.717) is 12.3 Å². The molecule has 158 valence electrons. The predicted octanol–water partition coefficient (Wildman–Crippen LogP) is 5.88. The van der Waals surface area contributed by atoms with Gasteiger partial charge in [-0.25, -0.2) is 0 Å². The zero-order valence-electron chi connectivity index (χ0n) is 18.6. The molecule has 0 bridgehead atoms. The van der Waals surface area contributed by atoms with Crippen molar-refractivity contribution in [2.24, 2.45) is 0 Å². The average molecular weight is 405 g/mol. The molecule has 2 aromatic carbocycles. The van der Waals surface area contributed by atoms with Crippen LogP contribution in [0.1, 0.15) is 66.7 Å². The first kappa shape index (κ1) is 21.8. The number of hydrogen-bond acceptors (Lipinski definition) is 3. The number of furan rings is 1. The molecular formula is C26H32N2O2. The Morgan fingerprint density at radius 1 is 0.967 bits per heavy atom. The molecule has 0 fully saturated rings. The zero-order valence-corrected chi connectivity index (χ0v) is 18.6. The Balaban J connectivity index is 1.69. The molecular weight excluding hydrogens is 372 g/mol. The van der Waals surface area contributed by atoms with Crippen molar-refractivity contribution < 1.29 is 9.21 Å². The summed E-state index contributed by atoms with van der Waals surface area (Å²) in [5, 5.41) is 3.01. The molecule has 4 heteroatoms. The van der Waals surface area contributed by atoms with Gasteiger partial charge in [0.1, 0.15) is 5.76 Å². The SMILES string of the molecule is Cc1ccccc1CN(Cc1ccc(C(=O)NC(C)c2ccccc2)o1)C(C)(C)C. The second-order valence-electron chi connectivity index (χ2n) is 8.83. The van der Waals surface area contributed by atoms with E-state index >= 15 is 0 Å². The first-order valence-corrected chi connectivity index (χ1v) is 10.5. The van der Waals surface area contributed by atoms with Crippen LogP contribution < -0.4 is 5.32 Å². The Bertz CT molecular complexity index is 970. The molecule has 3 aromatic rings. The number of nitrogens with one attached hydrogen (secondary N) is 1. The maximum absolute atomic E-state index is 12.6. The molecule has 30 heavy (non-hydrogen) atoms. The van der Waals surface area contributed by atoms with E-state index in [1.807, 2.05) is 43.3 Å². The summed E-state index contributed by atoms with van der Waals surface area (Å²) in [4.78, 5) is 15.0. The molecule has 0 saturated heterocycles. The number of nitrogens with zero attached hydrogens (tertiary/aromatic N) is 1. The van der Waals surface area contributed by atoms with Gasteiger partial charge in [0.15, 0.2) is 5.76 Å². The van der Waals surface area contributed by atoms with E-state index in [4.69, 9.17) is 4.42 Å². The molecule has 1 amide bonds. The minimum absolute atomic E-state index is 0.0423.